The maximum absolute atomic E-state index is 6.16. The van der Waals surface area contributed by atoms with Gasteiger partial charge in [0.15, 0.2) is 0 Å². The Kier molecular flexibility index (Phi) is 6.78. The number of halogens is 1. The van der Waals surface area contributed by atoms with E-state index in [0.29, 0.717) is 18.2 Å². The predicted octanol–water partition coefficient (Wildman–Crippen LogP) is 6.74. The molecular weight excluding hydrogens is 408 g/mol. The first-order valence-corrected chi connectivity index (χ1v) is 11.0. The third-order valence-corrected chi connectivity index (χ3v) is 5.62. The molecule has 4 nitrogen and oxygen atoms in total. The van der Waals surface area contributed by atoms with E-state index in [1.807, 2.05) is 36.4 Å². The molecule has 5 heteroatoms. The van der Waals surface area contributed by atoms with Crippen LogP contribution in [0.5, 0.6) is 11.5 Å². The molecule has 0 saturated carbocycles. The van der Waals surface area contributed by atoms with Crippen molar-refractivity contribution in [3.63, 3.8) is 0 Å². The van der Waals surface area contributed by atoms with E-state index in [9.17, 15) is 0 Å². The fourth-order valence-electron chi connectivity index (χ4n) is 3.61. The zero-order chi connectivity index (χ0) is 21.6. The Balaban J connectivity index is 1.41. The molecular formula is C26H27ClN2O2. The van der Waals surface area contributed by atoms with Gasteiger partial charge < -0.3 is 14.0 Å². The summed E-state index contributed by atoms with van der Waals surface area (Å²) in [6.45, 7) is 6.07. The SMILES string of the molecule is Cc1ccc(C)c(OCc2nc3ccccc3n2CCCCOc2ccccc2Cl)c1. The van der Waals surface area contributed by atoms with E-state index in [-0.39, 0.29) is 0 Å². The number of imidazole rings is 1. The maximum atomic E-state index is 6.16. The van der Waals surface area contributed by atoms with E-state index >= 15 is 0 Å². The Bertz CT molecular complexity index is 1170. The van der Waals surface area contributed by atoms with Gasteiger partial charge in [-0.05, 0) is 68.1 Å². The average Bonchev–Trinajstić information content (AvgIpc) is 3.13. The van der Waals surface area contributed by atoms with Crippen molar-refractivity contribution in [2.24, 2.45) is 0 Å². The normalized spacial score (nSPS) is 11.1. The molecule has 0 bridgehead atoms. The van der Waals surface area contributed by atoms with E-state index in [0.717, 1.165) is 53.3 Å². The second-order valence-electron chi connectivity index (χ2n) is 7.71. The molecule has 0 saturated heterocycles. The first-order valence-electron chi connectivity index (χ1n) is 10.6. The highest BCUT2D eigenvalue weighted by Gasteiger charge is 2.12. The first kappa shape index (κ1) is 21.3. The van der Waals surface area contributed by atoms with Gasteiger partial charge in [-0.3, -0.25) is 0 Å². The zero-order valence-corrected chi connectivity index (χ0v) is 18.7. The van der Waals surface area contributed by atoms with E-state index in [1.165, 1.54) is 5.56 Å². The summed E-state index contributed by atoms with van der Waals surface area (Å²) in [6.07, 6.45) is 1.90. The molecule has 1 aromatic heterocycles. The minimum atomic E-state index is 0.440. The third kappa shape index (κ3) is 5.20. The van der Waals surface area contributed by atoms with E-state index < -0.39 is 0 Å². The predicted molar refractivity (Wildman–Crippen MR) is 126 cm³/mol. The van der Waals surface area contributed by atoms with Crippen LogP contribution in [0, 0.1) is 13.8 Å². The van der Waals surface area contributed by atoms with Crippen LogP contribution in [-0.4, -0.2) is 16.2 Å². The number of ether oxygens (including phenoxy) is 2. The van der Waals surface area contributed by atoms with Gasteiger partial charge in [-0.2, -0.15) is 0 Å². The molecule has 0 amide bonds. The summed E-state index contributed by atoms with van der Waals surface area (Å²) in [5.41, 5.74) is 4.45. The molecule has 0 aliphatic rings. The summed E-state index contributed by atoms with van der Waals surface area (Å²) in [5.74, 6) is 2.58. The molecule has 0 aliphatic heterocycles. The van der Waals surface area contributed by atoms with Gasteiger partial charge >= 0.3 is 0 Å². The number of fused-ring (bicyclic) bond motifs is 1. The summed E-state index contributed by atoms with van der Waals surface area (Å²) < 4.78 is 14.2. The number of hydrogen-bond donors (Lipinski definition) is 0. The number of aryl methyl sites for hydroxylation is 3. The molecule has 0 N–H and O–H groups in total. The second kappa shape index (κ2) is 9.88. The third-order valence-electron chi connectivity index (χ3n) is 5.30. The van der Waals surface area contributed by atoms with Crippen LogP contribution >= 0.6 is 11.6 Å². The first-order chi connectivity index (χ1) is 15.1. The number of unbranched alkanes of at least 4 members (excludes halogenated alkanes) is 1. The van der Waals surface area contributed by atoms with Gasteiger partial charge in [0.1, 0.15) is 23.9 Å². The number of hydrogen-bond acceptors (Lipinski definition) is 3. The van der Waals surface area contributed by atoms with Crippen molar-refractivity contribution in [1.82, 2.24) is 9.55 Å². The van der Waals surface area contributed by atoms with Crippen LogP contribution in [-0.2, 0) is 13.2 Å². The van der Waals surface area contributed by atoms with Gasteiger partial charge in [0.05, 0.1) is 22.7 Å². The van der Waals surface area contributed by atoms with Crippen LogP contribution in [0.4, 0.5) is 0 Å². The molecule has 4 rings (SSSR count). The van der Waals surface area contributed by atoms with Gasteiger partial charge in [0.2, 0.25) is 0 Å². The summed E-state index contributed by atoms with van der Waals surface area (Å²) in [4.78, 5) is 4.83. The smallest absolute Gasteiger partial charge is 0.147 e. The fraction of sp³-hybridized carbons (Fsp3) is 0.269. The minimum Gasteiger partial charge on any atom is -0.492 e. The van der Waals surface area contributed by atoms with Crippen molar-refractivity contribution in [2.45, 2.75) is 39.8 Å². The summed E-state index contributed by atoms with van der Waals surface area (Å²) in [5, 5.41) is 0.647. The van der Waals surface area contributed by atoms with Gasteiger partial charge in [-0.15, -0.1) is 0 Å². The Hall–Kier alpha value is -2.98. The van der Waals surface area contributed by atoms with Crippen molar-refractivity contribution in [3.05, 3.63) is 88.7 Å². The largest absolute Gasteiger partial charge is 0.492 e. The number of nitrogens with zero attached hydrogens (tertiary/aromatic N) is 2. The van der Waals surface area contributed by atoms with E-state index in [1.54, 1.807) is 0 Å². The van der Waals surface area contributed by atoms with Crippen molar-refractivity contribution in [1.29, 1.82) is 0 Å². The maximum Gasteiger partial charge on any atom is 0.147 e. The lowest BCUT2D eigenvalue weighted by atomic mass is 10.1. The second-order valence-corrected chi connectivity index (χ2v) is 8.12. The Morgan fingerprint density at radius 3 is 2.55 bits per heavy atom. The molecule has 0 spiro atoms. The highest BCUT2D eigenvalue weighted by atomic mass is 35.5. The Morgan fingerprint density at radius 1 is 0.871 bits per heavy atom. The van der Waals surface area contributed by atoms with Crippen LogP contribution in [0.2, 0.25) is 5.02 Å². The van der Waals surface area contributed by atoms with Crippen LogP contribution in [0.15, 0.2) is 66.7 Å². The summed E-state index contributed by atoms with van der Waals surface area (Å²) in [7, 11) is 0. The number of aromatic nitrogens is 2. The highest BCUT2D eigenvalue weighted by molar-refractivity contribution is 6.32. The average molecular weight is 435 g/mol. The van der Waals surface area contributed by atoms with Crippen LogP contribution < -0.4 is 9.47 Å². The lowest BCUT2D eigenvalue weighted by Gasteiger charge is -2.13. The standard InChI is InChI=1S/C26H27ClN2O2/c1-19-13-14-20(2)25(17-19)31-18-26-28-22-10-4-5-11-23(22)29(26)15-7-8-16-30-24-12-6-3-9-21(24)27/h3-6,9-14,17H,7-8,15-16,18H2,1-2H3. The van der Waals surface area contributed by atoms with Crippen molar-refractivity contribution in [3.8, 4) is 11.5 Å². The van der Waals surface area contributed by atoms with E-state index in [2.05, 4.69) is 48.7 Å². The Morgan fingerprint density at radius 2 is 1.68 bits per heavy atom. The summed E-state index contributed by atoms with van der Waals surface area (Å²) in [6, 6.07) is 22.1. The van der Waals surface area contributed by atoms with Crippen molar-refractivity contribution >= 4 is 22.6 Å². The fourth-order valence-corrected chi connectivity index (χ4v) is 3.80. The number of benzene rings is 3. The number of para-hydroxylation sites is 3. The molecule has 4 aromatic rings. The zero-order valence-electron chi connectivity index (χ0n) is 18.0. The molecule has 1 heterocycles. The molecule has 0 unspecified atom stereocenters. The minimum absolute atomic E-state index is 0.440. The molecule has 0 aliphatic carbocycles. The molecule has 160 valence electrons. The quantitative estimate of drug-likeness (QED) is 0.273. The van der Waals surface area contributed by atoms with Crippen LogP contribution in [0.25, 0.3) is 11.0 Å². The van der Waals surface area contributed by atoms with Gasteiger partial charge in [-0.1, -0.05) is 48.0 Å². The molecule has 3 aromatic carbocycles. The lowest BCUT2D eigenvalue weighted by molar-refractivity contribution is 0.283. The van der Waals surface area contributed by atoms with Gasteiger partial charge in [0, 0.05) is 6.54 Å². The van der Waals surface area contributed by atoms with Crippen LogP contribution in [0.1, 0.15) is 29.8 Å². The monoisotopic (exact) mass is 434 g/mol. The number of rotatable bonds is 9. The molecule has 0 fully saturated rings. The molecule has 31 heavy (non-hydrogen) atoms. The molecule has 0 radical (unpaired) electrons. The topological polar surface area (TPSA) is 36.3 Å². The summed E-state index contributed by atoms with van der Waals surface area (Å²) >= 11 is 6.16. The van der Waals surface area contributed by atoms with Crippen LogP contribution in [0.3, 0.4) is 0 Å². The Labute approximate surface area is 188 Å². The van der Waals surface area contributed by atoms with Crippen molar-refractivity contribution < 1.29 is 9.47 Å². The van der Waals surface area contributed by atoms with Crippen molar-refractivity contribution in [2.75, 3.05) is 6.61 Å². The van der Waals surface area contributed by atoms with E-state index in [4.69, 9.17) is 26.1 Å². The van der Waals surface area contributed by atoms with Gasteiger partial charge in [-0.25, -0.2) is 4.98 Å². The lowest BCUT2D eigenvalue weighted by Crippen LogP contribution is -2.09. The molecule has 0 atom stereocenters. The highest BCUT2D eigenvalue weighted by Crippen LogP contribution is 2.24. The van der Waals surface area contributed by atoms with Gasteiger partial charge in [0.25, 0.3) is 0 Å².